The summed E-state index contributed by atoms with van der Waals surface area (Å²) in [5.74, 6) is -0.202. The standard InChI is InChI=1S/C19H22N2O3S/c1-3-14-21(15-13-17-7-5-4-6-8-17)25(23,24)19-11-9-18(10-12-19)20-16(2)22/h3-12H,1,13-15H2,2H3,(H,20,22). The third-order valence-corrected chi connectivity index (χ3v) is 5.52. The maximum atomic E-state index is 12.9. The SMILES string of the molecule is C=CCN(CCc1ccccc1)S(=O)(=O)c1ccc(NC(C)=O)cc1. The summed E-state index contributed by atoms with van der Waals surface area (Å²) < 4.78 is 27.1. The van der Waals surface area contributed by atoms with E-state index in [1.54, 1.807) is 18.2 Å². The van der Waals surface area contributed by atoms with Gasteiger partial charge in [0, 0.05) is 25.7 Å². The molecule has 0 bridgehead atoms. The molecule has 2 aromatic carbocycles. The Bertz CT molecular complexity index is 816. The lowest BCUT2D eigenvalue weighted by Gasteiger charge is -2.21. The Balaban J connectivity index is 2.17. The van der Waals surface area contributed by atoms with E-state index in [4.69, 9.17) is 0 Å². The highest BCUT2D eigenvalue weighted by atomic mass is 32.2. The minimum absolute atomic E-state index is 0.191. The molecule has 0 aliphatic carbocycles. The van der Waals surface area contributed by atoms with Gasteiger partial charge in [-0.05, 0) is 36.2 Å². The third kappa shape index (κ3) is 5.27. The van der Waals surface area contributed by atoms with Gasteiger partial charge in [0.05, 0.1) is 4.90 Å². The van der Waals surface area contributed by atoms with E-state index >= 15 is 0 Å². The number of benzene rings is 2. The number of hydrogen-bond donors (Lipinski definition) is 1. The van der Waals surface area contributed by atoms with Gasteiger partial charge in [0.15, 0.2) is 0 Å². The maximum absolute atomic E-state index is 12.9. The van der Waals surface area contributed by atoms with Crippen LogP contribution in [0.5, 0.6) is 0 Å². The molecule has 0 saturated carbocycles. The monoisotopic (exact) mass is 358 g/mol. The first-order chi connectivity index (χ1) is 11.9. The van der Waals surface area contributed by atoms with E-state index in [-0.39, 0.29) is 17.3 Å². The van der Waals surface area contributed by atoms with Gasteiger partial charge < -0.3 is 5.32 Å². The highest BCUT2D eigenvalue weighted by molar-refractivity contribution is 7.89. The molecule has 2 rings (SSSR count). The summed E-state index contributed by atoms with van der Waals surface area (Å²) in [5, 5.41) is 2.62. The van der Waals surface area contributed by atoms with Crippen molar-refractivity contribution >= 4 is 21.6 Å². The van der Waals surface area contributed by atoms with Crippen LogP contribution in [0.4, 0.5) is 5.69 Å². The number of nitrogens with zero attached hydrogens (tertiary/aromatic N) is 1. The number of amides is 1. The molecule has 1 amide bonds. The Kier molecular flexibility index (Phi) is 6.50. The van der Waals surface area contributed by atoms with Crippen molar-refractivity contribution < 1.29 is 13.2 Å². The zero-order chi connectivity index (χ0) is 18.3. The van der Waals surface area contributed by atoms with Crippen LogP contribution in [0, 0.1) is 0 Å². The highest BCUT2D eigenvalue weighted by Crippen LogP contribution is 2.19. The number of anilines is 1. The number of carbonyl (C=O) groups excluding carboxylic acids is 1. The Morgan fingerprint density at radius 1 is 1.12 bits per heavy atom. The predicted molar refractivity (Wildman–Crippen MR) is 99.8 cm³/mol. The van der Waals surface area contributed by atoms with E-state index in [0.717, 1.165) is 5.56 Å². The summed E-state index contributed by atoms with van der Waals surface area (Å²) in [6.07, 6.45) is 2.20. The fraction of sp³-hybridized carbons (Fsp3) is 0.211. The molecule has 0 aliphatic rings. The summed E-state index contributed by atoms with van der Waals surface area (Å²) in [6.45, 7) is 5.66. The van der Waals surface area contributed by atoms with Crippen LogP contribution in [0.15, 0.2) is 72.1 Å². The van der Waals surface area contributed by atoms with Crippen LogP contribution in [0.3, 0.4) is 0 Å². The molecular formula is C19H22N2O3S. The van der Waals surface area contributed by atoms with Crippen molar-refractivity contribution in [1.29, 1.82) is 0 Å². The first-order valence-electron chi connectivity index (χ1n) is 7.96. The molecule has 0 spiro atoms. The largest absolute Gasteiger partial charge is 0.326 e. The Labute approximate surface area is 149 Å². The van der Waals surface area contributed by atoms with Gasteiger partial charge in [-0.15, -0.1) is 6.58 Å². The van der Waals surface area contributed by atoms with E-state index in [1.165, 1.54) is 23.4 Å². The quantitative estimate of drug-likeness (QED) is 0.738. The van der Waals surface area contributed by atoms with E-state index in [9.17, 15) is 13.2 Å². The lowest BCUT2D eigenvalue weighted by Crippen LogP contribution is -2.33. The van der Waals surface area contributed by atoms with Gasteiger partial charge in [0.1, 0.15) is 0 Å². The van der Waals surface area contributed by atoms with Gasteiger partial charge in [-0.3, -0.25) is 4.79 Å². The molecule has 6 heteroatoms. The van der Waals surface area contributed by atoms with E-state index in [1.807, 2.05) is 30.3 Å². The molecule has 0 aromatic heterocycles. The second-order valence-corrected chi connectivity index (χ2v) is 7.53. The minimum Gasteiger partial charge on any atom is -0.326 e. The molecular weight excluding hydrogens is 336 g/mol. The van der Waals surface area contributed by atoms with E-state index < -0.39 is 10.0 Å². The van der Waals surface area contributed by atoms with Crippen LogP contribution in [0.1, 0.15) is 12.5 Å². The molecule has 0 saturated heterocycles. The maximum Gasteiger partial charge on any atom is 0.243 e. The molecule has 1 N–H and O–H groups in total. The number of hydrogen-bond acceptors (Lipinski definition) is 3. The number of carbonyl (C=O) groups is 1. The zero-order valence-corrected chi connectivity index (χ0v) is 15.0. The molecule has 25 heavy (non-hydrogen) atoms. The molecule has 0 heterocycles. The fourth-order valence-electron chi connectivity index (χ4n) is 2.41. The van der Waals surface area contributed by atoms with Crippen molar-refractivity contribution in [3.63, 3.8) is 0 Å². The molecule has 2 aromatic rings. The van der Waals surface area contributed by atoms with Gasteiger partial charge in [-0.1, -0.05) is 36.4 Å². The molecule has 0 fully saturated rings. The first kappa shape index (κ1) is 18.9. The summed E-state index contributed by atoms with van der Waals surface area (Å²) in [5.41, 5.74) is 1.64. The zero-order valence-electron chi connectivity index (χ0n) is 14.2. The van der Waals surface area contributed by atoms with Crippen LogP contribution in [-0.2, 0) is 21.2 Å². The molecule has 0 radical (unpaired) electrons. The average molecular weight is 358 g/mol. The van der Waals surface area contributed by atoms with Gasteiger partial charge in [-0.2, -0.15) is 4.31 Å². The normalized spacial score (nSPS) is 11.3. The Morgan fingerprint density at radius 2 is 1.76 bits per heavy atom. The van der Waals surface area contributed by atoms with Crippen LogP contribution in [0.25, 0.3) is 0 Å². The van der Waals surface area contributed by atoms with E-state index in [0.29, 0.717) is 18.7 Å². The van der Waals surface area contributed by atoms with Gasteiger partial charge >= 0.3 is 0 Å². The van der Waals surface area contributed by atoms with Crippen LogP contribution < -0.4 is 5.32 Å². The smallest absolute Gasteiger partial charge is 0.243 e. The van der Waals surface area contributed by atoms with Crippen molar-refractivity contribution in [3.8, 4) is 0 Å². The van der Waals surface area contributed by atoms with Gasteiger partial charge in [0.25, 0.3) is 0 Å². The highest BCUT2D eigenvalue weighted by Gasteiger charge is 2.23. The van der Waals surface area contributed by atoms with Crippen molar-refractivity contribution in [2.24, 2.45) is 0 Å². The number of rotatable bonds is 8. The van der Waals surface area contributed by atoms with Crippen molar-refractivity contribution in [1.82, 2.24) is 4.31 Å². The van der Waals surface area contributed by atoms with Crippen molar-refractivity contribution in [2.45, 2.75) is 18.2 Å². The molecule has 0 aliphatic heterocycles. The van der Waals surface area contributed by atoms with Crippen LogP contribution in [-0.4, -0.2) is 31.7 Å². The molecule has 0 unspecified atom stereocenters. The lowest BCUT2D eigenvalue weighted by atomic mass is 10.1. The second kappa shape index (κ2) is 8.60. The Hall–Kier alpha value is -2.44. The lowest BCUT2D eigenvalue weighted by molar-refractivity contribution is -0.114. The third-order valence-electron chi connectivity index (χ3n) is 3.64. The molecule has 5 nitrogen and oxygen atoms in total. The topological polar surface area (TPSA) is 66.5 Å². The number of nitrogens with one attached hydrogen (secondary N) is 1. The first-order valence-corrected chi connectivity index (χ1v) is 9.40. The second-order valence-electron chi connectivity index (χ2n) is 5.59. The van der Waals surface area contributed by atoms with Gasteiger partial charge in [-0.25, -0.2) is 8.42 Å². The summed E-state index contributed by atoms with van der Waals surface area (Å²) in [7, 11) is -3.63. The van der Waals surface area contributed by atoms with E-state index in [2.05, 4.69) is 11.9 Å². The number of sulfonamides is 1. The Morgan fingerprint density at radius 3 is 2.32 bits per heavy atom. The van der Waals surface area contributed by atoms with Gasteiger partial charge in [0.2, 0.25) is 15.9 Å². The van der Waals surface area contributed by atoms with Crippen molar-refractivity contribution in [3.05, 3.63) is 72.8 Å². The summed E-state index contributed by atoms with van der Waals surface area (Å²) >= 11 is 0. The summed E-state index contributed by atoms with van der Waals surface area (Å²) in [6, 6.07) is 15.9. The predicted octanol–water partition coefficient (Wildman–Crippen LogP) is 3.06. The van der Waals surface area contributed by atoms with Crippen LogP contribution in [0.2, 0.25) is 0 Å². The summed E-state index contributed by atoms with van der Waals surface area (Å²) in [4.78, 5) is 11.3. The molecule has 0 atom stereocenters. The molecule has 132 valence electrons. The average Bonchev–Trinajstić information content (AvgIpc) is 2.59. The van der Waals surface area contributed by atoms with Crippen molar-refractivity contribution in [2.75, 3.05) is 18.4 Å². The fourth-order valence-corrected chi connectivity index (χ4v) is 3.83. The minimum atomic E-state index is -3.63. The van der Waals surface area contributed by atoms with Crippen LogP contribution >= 0.6 is 0 Å².